The number of halogens is 3. The summed E-state index contributed by atoms with van der Waals surface area (Å²) in [5, 5.41) is 8.92. The third-order valence-electron chi connectivity index (χ3n) is 2.88. The van der Waals surface area contributed by atoms with E-state index in [2.05, 4.69) is 0 Å². The maximum absolute atomic E-state index is 12.4. The smallest absolute Gasteiger partial charge is 0.324 e. The molecule has 0 aliphatic carbocycles. The standard InChI is InChI=1S/C13H13F3N2O/c1-12(2,8-17)18(3)11(19)9-4-6-10(7-5-9)13(14,15)16/h4-7H,1-3H3. The van der Waals surface area contributed by atoms with Gasteiger partial charge in [0.25, 0.3) is 5.91 Å². The van der Waals surface area contributed by atoms with Gasteiger partial charge in [-0.2, -0.15) is 18.4 Å². The van der Waals surface area contributed by atoms with Crippen molar-refractivity contribution in [2.45, 2.75) is 25.6 Å². The molecule has 0 aliphatic heterocycles. The van der Waals surface area contributed by atoms with Crippen LogP contribution in [-0.2, 0) is 6.18 Å². The van der Waals surface area contributed by atoms with Gasteiger partial charge < -0.3 is 4.90 Å². The molecule has 0 radical (unpaired) electrons. The summed E-state index contributed by atoms with van der Waals surface area (Å²) in [5.74, 6) is -0.500. The van der Waals surface area contributed by atoms with Crippen molar-refractivity contribution in [2.75, 3.05) is 7.05 Å². The predicted octanol–water partition coefficient (Wildman–Crippen LogP) is 3.08. The fourth-order valence-corrected chi connectivity index (χ4v) is 1.32. The second kappa shape index (κ2) is 4.92. The monoisotopic (exact) mass is 270 g/mol. The van der Waals surface area contributed by atoms with Crippen LogP contribution in [0.25, 0.3) is 0 Å². The Bertz CT molecular complexity index is 512. The Morgan fingerprint density at radius 1 is 1.21 bits per heavy atom. The Labute approximate surface area is 109 Å². The fourth-order valence-electron chi connectivity index (χ4n) is 1.32. The van der Waals surface area contributed by atoms with Crippen molar-refractivity contribution >= 4 is 5.91 Å². The number of nitriles is 1. The van der Waals surface area contributed by atoms with Gasteiger partial charge in [0.05, 0.1) is 11.6 Å². The van der Waals surface area contributed by atoms with Crippen molar-refractivity contribution < 1.29 is 18.0 Å². The van der Waals surface area contributed by atoms with Gasteiger partial charge in [0, 0.05) is 12.6 Å². The fraction of sp³-hybridized carbons (Fsp3) is 0.385. The summed E-state index contributed by atoms with van der Waals surface area (Å²) in [6, 6.07) is 5.86. The largest absolute Gasteiger partial charge is 0.416 e. The number of benzene rings is 1. The Kier molecular flexibility index (Phi) is 3.89. The molecule has 6 heteroatoms. The van der Waals surface area contributed by atoms with Gasteiger partial charge in [-0.3, -0.25) is 4.79 Å². The maximum Gasteiger partial charge on any atom is 0.416 e. The number of carbonyl (C=O) groups is 1. The summed E-state index contributed by atoms with van der Waals surface area (Å²) >= 11 is 0. The lowest BCUT2D eigenvalue weighted by Gasteiger charge is -2.29. The summed E-state index contributed by atoms with van der Waals surface area (Å²) in [6.07, 6.45) is -4.43. The molecule has 102 valence electrons. The van der Waals surface area contributed by atoms with Crippen LogP contribution in [0.5, 0.6) is 0 Å². The summed E-state index contributed by atoms with van der Waals surface area (Å²) in [5.41, 5.74) is -1.73. The molecule has 0 unspecified atom stereocenters. The second-order valence-electron chi connectivity index (χ2n) is 4.61. The van der Waals surface area contributed by atoms with Crippen molar-refractivity contribution in [3.8, 4) is 6.07 Å². The number of alkyl halides is 3. The van der Waals surface area contributed by atoms with Crippen LogP contribution in [0.4, 0.5) is 13.2 Å². The van der Waals surface area contributed by atoms with Gasteiger partial charge in [-0.15, -0.1) is 0 Å². The predicted molar refractivity (Wildman–Crippen MR) is 63.2 cm³/mol. The van der Waals surface area contributed by atoms with Crippen LogP contribution in [-0.4, -0.2) is 23.4 Å². The van der Waals surface area contributed by atoms with E-state index in [1.165, 1.54) is 11.9 Å². The first-order valence-electron chi connectivity index (χ1n) is 5.46. The Hall–Kier alpha value is -2.03. The van der Waals surface area contributed by atoms with Crippen LogP contribution in [0.2, 0.25) is 0 Å². The van der Waals surface area contributed by atoms with Crippen molar-refractivity contribution in [3.63, 3.8) is 0 Å². The number of hydrogen-bond donors (Lipinski definition) is 0. The maximum atomic E-state index is 12.4. The van der Waals surface area contributed by atoms with Crippen molar-refractivity contribution in [3.05, 3.63) is 35.4 Å². The highest BCUT2D eigenvalue weighted by Crippen LogP contribution is 2.29. The van der Waals surface area contributed by atoms with E-state index in [4.69, 9.17) is 5.26 Å². The third-order valence-corrected chi connectivity index (χ3v) is 2.88. The van der Waals surface area contributed by atoms with E-state index in [0.717, 1.165) is 24.3 Å². The normalized spacial score (nSPS) is 11.8. The quantitative estimate of drug-likeness (QED) is 0.829. The highest BCUT2D eigenvalue weighted by molar-refractivity contribution is 5.94. The molecule has 0 fully saturated rings. The molecule has 0 saturated carbocycles. The highest BCUT2D eigenvalue weighted by atomic mass is 19.4. The first-order valence-corrected chi connectivity index (χ1v) is 5.46. The third kappa shape index (κ3) is 3.25. The van der Waals surface area contributed by atoms with E-state index in [0.29, 0.717) is 0 Å². The Morgan fingerprint density at radius 3 is 2.05 bits per heavy atom. The minimum Gasteiger partial charge on any atom is -0.324 e. The summed E-state index contributed by atoms with van der Waals surface area (Å²) in [6.45, 7) is 3.10. The zero-order valence-corrected chi connectivity index (χ0v) is 10.7. The van der Waals surface area contributed by atoms with Gasteiger partial charge in [0.1, 0.15) is 5.54 Å². The van der Waals surface area contributed by atoms with Gasteiger partial charge in [-0.25, -0.2) is 0 Å². The molecule has 1 aromatic rings. The number of hydrogen-bond acceptors (Lipinski definition) is 2. The van der Waals surface area contributed by atoms with Crippen LogP contribution in [0.3, 0.4) is 0 Å². The summed E-state index contributed by atoms with van der Waals surface area (Å²) < 4.78 is 37.2. The van der Waals surface area contributed by atoms with Crippen LogP contribution in [0.1, 0.15) is 29.8 Å². The van der Waals surface area contributed by atoms with Crippen molar-refractivity contribution in [2.24, 2.45) is 0 Å². The van der Waals surface area contributed by atoms with Crippen LogP contribution in [0.15, 0.2) is 24.3 Å². The molecular weight excluding hydrogens is 257 g/mol. The van der Waals surface area contributed by atoms with Crippen molar-refractivity contribution in [1.82, 2.24) is 4.90 Å². The van der Waals surface area contributed by atoms with Gasteiger partial charge in [-0.1, -0.05) is 0 Å². The van der Waals surface area contributed by atoms with Gasteiger partial charge in [0.15, 0.2) is 0 Å². The zero-order chi connectivity index (χ0) is 14.8. The molecule has 0 atom stereocenters. The van der Waals surface area contributed by atoms with Gasteiger partial charge in [0.2, 0.25) is 0 Å². The molecular formula is C13H13F3N2O. The minimum atomic E-state index is -4.43. The molecule has 0 spiro atoms. The van der Waals surface area contributed by atoms with E-state index in [-0.39, 0.29) is 5.56 Å². The lowest BCUT2D eigenvalue weighted by atomic mass is 10.0. The second-order valence-corrected chi connectivity index (χ2v) is 4.61. The molecule has 3 nitrogen and oxygen atoms in total. The number of nitrogens with zero attached hydrogens (tertiary/aromatic N) is 2. The van der Waals surface area contributed by atoms with E-state index in [1.807, 2.05) is 6.07 Å². The van der Waals surface area contributed by atoms with Gasteiger partial charge >= 0.3 is 6.18 Å². The highest BCUT2D eigenvalue weighted by Gasteiger charge is 2.31. The molecule has 0 saturated heterocycles. The molecule has 1 amide bonds. The molecule has 1 rings (SSSR count). The Balaban J connectivity index is 3.00. The van der Waals surface area contributed by atoms with Gasteiger partial charge in [-0.05, 0) is 38.1 Å². The first kappa shape index (κ1) is 15.0. The molecule has 1 aromatic carbocycles. The lowest BCUT2D eigenvalue weighted by molar-refractivity contribution is -0.137. The molecule has 19 heavy (non-hydrogen) atoms. The van der Waals surface area contributed by atoms with Crippen LogP contribution in [0, 0.1) is 11.3 Å². The topological polar surface area (TPSA) is 44.1 Å². The molecule has 0 heterocycles. The average Bonchev–Trinajstić information content (AvgIpc) is 2.36. The number of amides is 1. The minimum absolute atomic E-state index is 0.110. The molecule has 0 aromatic heterocycles. The van der Waals surface area contributed by atoms with Crippen molar-refractivity contribution in [1.29, 1.82) is 5.26 Å². The van der Waals surface area contributed by atoms with E-state index in [1.54, 1.807) is 13.8 Å². The average molecular weight is 270 g/mol. The SMILES string of the molecule is CN(C(=O)c1ccc(C(F)(F)F)cc1)C(C)(C)C#N. The zero-order valence-electron chi connectivity index (χ0n) is 10.7. The molecule has 0 N–H and O–H groups in total. The summed E-state index contributed by atoms with van der Waals surface area (Å²) in [7, 11) is 1.43. The summed E-state index contributed by atoms with van der Waals surface area (Å²) in [4.78, 5) is 13.2. The van der Waals surface area contributed by atoms with E-state index < -0.39 is 23.2 Å². The molecule has 0 bridgehead atoms. The first-order chi connectivity index (χ1) is 8.59. The number of rotatable bonds is 2. The molecule has 0 aliphatic rings. The number of carbonyl (C=O) groups excluding carboxylic acids is 1. The van der Waals surface area contributed by atoms with E-state index in [9.17, 15) is 18.0 Å². The van der Waals surface area contributed by atoms with E-state index >= 15 is 0 Å². The van der Waals surface area contributed by atoms with Crippen LogP contribution >= 0.6 is 0 Å². The lowest BCUT2D eigenvalue weighted by Crippen LogP contribution is -2.43. The van der Waals surface area contributed by atoms with Crippen LogP contribution < -0.4 is 0 Å². The Morgan fingerprint density at radius 2 is 1.68 bits per heavy atom.